The molecule has 0 saturated heterocycles. The minimum Gasteiger partial charge on any atom is -0.478 e. The summed E-state index contributed by atoms with van der Waals surface area (Å²) in [6, 6.07) is 22.5. The molecule has 0 spiro atoms. The van der Waals surface area contributed by atoms with E-state index in [4.69, 9.17) is 4.42 Å². The SMILES string of the molecule is O=C(CSc1nc(-c2ccccc2)c(-c2ccccc2)o1)Nc1cc(C(=O)O)cc(C(=O)O)c1. The highest BCUT2D eigenvalue weighted by Gasteiger charge is 2.18. The first-order valence-corrected chi connectivity index (χ1v) is 11.1. The summed E-state index contributed by atoms with van der Waals surface area (Å²) in [6.45, 7) is 0. The van der Waals surface area contributed by atoms with Gasteiger partial charge >= 0.3 is 11.9 Å². The third kappa shape index (κ3) is 5.33. The number of nitrogens with zero attached hydrogens (tertiary/aromatic N) is 1. The predicted molar refractivity (Wildman–Crippen MR) is 127 cm³/mol. The van der Waals surface area contributed by atoms with Gasteiger partial charge in [-0.05, 0) is 18.2 Å². The Morgan fingerprint density at radius 3 is 1.94 bits per heavy atom. The van der Waals surface area contributed by atoms with E-state index in [9.17, 15) is 24.6 Å². The molecular weight excluding hydrogens is 456 g/mol. The molecular formula is C25H18N2O6S. The number of rotatable bonds is 8. The molecule has 170 valence electrons. The molecule has 0 radical (unpaired) electrons. The number of aromatic carboxylic acids is 2. The lowest BCUT2D eigenvalue weighted by molar-refractivity contribution is -0.113. The Morgan fingerprint density at radius 2 is 1.38 bits per heavy atom. The lowest BCUT2D eigenvalue weighted by atomic mass is 10.1. The van der Waals surface area contributed by atoms with E-state index >= 15 is 0 Å². The number of carboxylic acid groups (broad SMARTS) is 2. The van der Waals surface area contributed by atoms with Gasteiger partial charge in [-0.25, -0.2) is 14.6 Å². The lowest BCUT2D eigenvalue weighted by Crippen LogP contribution is -2.15. The van der Waals surface area contributed by atoms with Crippen molar-refractivity contribution in [1.29, 1.82) is 0 Å². The van der Waals surface area contributed by atoms with Crippen LogP contribution in [0.5, 0.6) is 0 Å². The maximum atomic E-state index is 12.5. The highest BCUT2D eigenvalue weighted by Crippen LogP contribution is 2.35. The van der Waals surface area contributed by atoms with Gasteiger partial charge in [-0.3, -0.25) is 4.79 Å². The van der Waals surface area contributed by atoms with Crippen LogP contribution in [0.3, 0.4) is 0 Å². The van der Waals surface area contributed by atoms with Gasteiger partial charge < -0.3 is 19.9 Å². The van der Waals surface area contributed by atoms with Crippen molar-refractivity contribution in [3.05, 3.63) is 90.0 Å². The molecule has 1 heterocycles. The van der Waals surface area contributed by atoms with Gasteiger partial charge in [0.25, 0.3) is 5.22 Å². The van der Waals surface area contributed by atoms with E-state index in [0.29, 0.717) is 16.7 Å². The zero-order valence-corrected chi connectivity index (χ0v) is 18.4. The first kappa shape index (κ1) is 22.8. The van der Waals surface area contributed by atoms with Crippen molar-refractivity contribution < 1.29 is 29.0 Å². The average molecular weight is 474 g/mol. The first-order valence-electron chi connectivity index (χ1n) is 10.1. The van der Waals surface area contributed by atoms with Gasteiger partial charge in [0.1, 0.15) is 5.69 Å². The first-order chi connectivity index (χ1) is 16.4. The van der Waals surface area contributed by atoms with Gasteiger partial charge in [0.15, 0.2) is 5.76 Å². The van der Waals surface area contributed by atoms with E-state index in [1.807, 2.05) is 60.7 Å². The summed E-state index contributed by atoms with van der Waals surface area (Å²) in [7, 11) is 0. The molecule has 0 fully saturated rings. The number of hydrogen-bond acceptors (Lipinski definition) is 6. The Kier molecular flexibility index (Phi) is 6.74. The monoisotopic (exact) mass is 474 g/mol. The van der Waals surface area contributed by atoms with E-state index in [0.717, 1.165) is 29.0 Å². The van der Waals surface area contributed by atoms with E-state index in [1.165, 1.54) is 12.1 Å². The predicted octanol–water partition coefficient (Wildman–Crippen LogP) is 5.14. The Labute approximate surface area is 198 Å². The van der Waals surface area contributed by atoms with Crippen LogP contribution in [0.1, 0.15) is 20.7 Å². The summed E-state index contributed by atoms with van der Waals surface area (Å²) in [5, 5.41) is 21.2. The molecule has 0 aliphatic rings. The molecule has 4 rings (SSSR count). The molecule has 3 N–H and O–H groups in total. The lowest BCUT2D eigenvalue weighted by Gasteiger charge is -2.07. The molecule has 0 bridgehead atoms. The van der Waals surface area contributed by atoms with Gasteiger partial charge in [0, 0.05) is 16.8 Å². The van der Waals surface area contributed by atoms with E-state index in [-0.39, 0.29) is 22.6 Å². The van der Waals surface area contributed by atoms with Crippen LogP contribution < -0.4 is 5.32 Å². The molecule has 3 aromatic carbocycles. The second-order valence-corrected chi connectivity index (χ2v) is 8.06. The number of aromatic nitrogens is 1. The number of carbonyl (C=O) groups excluding carboxylic acids is 1. The standard InChI is InChI=1S/C25H18N2O6S/c28-20(26-19-12-17(23(29)30)11-18(13-19)24(31)32)14-34-25-27-21(15-7-3-1-4-8-15)22(33-25)16-9-5-2-6-10-16/h1-13H,14H2,(H,26,28)(H,29,30)(H,31,32). The second-order valence-electron chi connectivity index (χ2n) is 7.14. The average Bonchev–Trinajstić information content (AvgIpc) is 3.28. The summed E-state index contributed by atoms with van der Waals surface area (Å²) in [5.41, 5.74) is 1.95. The summed E-state index contributed by atoms with van der Waals surface area (Å²) in [4.78, 5) is 39.6. The highest BCUT2D eigenvalue weighted by molar-refractivity contribution is 7.99. The topological polar surface area (TPSA) is 130 Å². The molecule has 1 amide bonds. The van der Waals surface area contributed by atoms with Crippen molar-refractivity contribution in [3.63, 3.8) is 0 Å². The molecule has 1 aromatic heterocycles. The number of carbonyl (C=O) groups is 3. The summed E-state index contributed by atoms with van der Waals surface area (Å²) in [6.07, 6.45) is 0. The van der Waals surface area contributed by atoms with Crippen molar-refractivity contribution in [3.8, 4) is 22.6 Å². The van der Waals surface area contributed by atoms with E-state index in [1.54, 1.807) is 0 Å². The molecule has 9 heteroatoms. The molecule has 0 atom stereocenters. The van der Waals surface area contributed by atoms with Crippen LogP contribution in [0.15, 0.2) is 88.5 Å². The number of carboxylic acids is 2. The largest absolute Gasteiger partial charge is 0.478 e. The maximum Gasteiger partial charge on any atom is 0.335 e. The Morgan fingerprint density at radius 1 is 0.824 bits per heavy atom. The van der Waals surface area contributed by atoms with Crippen molar-refractivity contribution in [2.75, 3.05) is 11.1 Å². The minimum absolute atomic E-state index is 0.0743. The Hall–Kier alpha value is -4.37. The van der Waals surface area contributed by atoms with Crippen molar-refractivity contribution in [1.82, 2.24) is 4.98 Å². The summed E-state index contributed by atoms with van der Waals surface area (Å²) < 4.78 is 5.97. The molecule has 0 saturated carbocycles. The third-order valence-corrected chi connectivity index (χ3v) is 5.56. The summed E-state index contributed by atoms with van der Waals surface area (Å²) in [5.74, 6) is -2.56. The maximum absolute atomic E-state index is 12.5. The number of nitrogens with one attached hydrogen (secondary N) is 1. The fourth-order valence-corrected chi connectivity index (χ4v) is 3.84. The number of thioether (sulfide) groups is 1. The number of amides is 1. The van der Waals surface area contributed by atoms with Crippen LogP contribution in [-0.2, 0) is 4.79 Å². The Balaban J connectivity index is 1.53. The van der Waals surface area contributed by atoms with Gasteiger partial charge in [0.2, 0.25) is 5.91 Å². The van der Waals surface area contributed by atoms with Crippen LogP contribution in [0.25, 0.3) is 22.6 Å². The number of oxazole rings is 1. The van der Waals surface area contributed by atoms with Gasteiger partial charge in [-0.1, -0.05) is 72.4 Å². The molecule has 0 aliphatic carbocycles. The fraction of sp³-hybridized carbons (Fsp3) is 0.0400. The van der Waals surface area contributed by atoms with E-state index < -0.39 is 17.8 Å². The third-order valence-electron chi connectivity index (χ3n) is 4.73. The molecule has 4 aromatic rings. The number of benzene rings is 3. The quantitative estimate of drug-likeness (QED) is 0.300. The Bertz CT molecular complexity index is 1260. The van der Waals surface area contributed by atoms with Crippen LogP contribution >= 0.6 is 11.8 Å². The van der Waals surface area contributed by atoms with Crippen LogP contribution in [0, 0.1) is 0 Å². The molecule has 34 heavy (non-hydrogen) atoms. The smallest absolute Gasteiger partial charge is 0.335 e. The van der Waals surface area contributed by atoms with Gasteiger partial charge in [-0.15, -0.1) is 0 Å². The van der Waals surface area contributed by atoms with E-state index in [2.05, 4.69) is 10.3 Å². The normalized spacial score (nSPS) is 10.6. The van der Waals surface area contributed by atoms with Crippen LogP contribution in [0.4, 0.5) is 5.69 Å². The number of hydrogen-bond donors (Lipinski definition) is 3. The van der Waals surface area contributed by atoms with Crippen molar-refractivity contribution in [2.24, 2.45) is 0 Å². The van der Waals surface area contributed by atoms with Crippen LogP contribution in [0.2, 0.25) is 0 Å². The van der Waals surface area contributed by atoms with Crippen molar-refractivity contribution >= 4 is 35.3 Å². The molecule has 0 aliphatic heterocycles. The number of anilines is 1. The fourth-order valence-electron chi connectivity index (χ4n) is 3.21. The van der Waals surface area contributed by atoms with Gasteiger partial charge in [0.05, 0.1) is 16.9 Å². The molecule has 0 unspecified atom stereocenters. The highest BCUT2D eigenvalue weighted by atomic mass is 32.2. The zero-order valence-electron chi connectivity index (χ0n) is 17.6. The van der Waals surface area contributed by atoms with Gasteiger partial charge in [-0.2, -0.15) is 0 Å². The second kappa shape index (κ2) is 10.1. The molecule has 8 nitrogen and oxygen atoms in total. The van der Waals surface area contributed by atoms with Crippen molar-refractivity contribution in [2.45, 2.75) is 5.22 Å². The summed E-state index contributed by atoms with van der Waals surface area (Å²) >= 11 is 1.07. The zero-order chi connectivity index (χ0) is 24.1. The minimum atomic E-state index is -1.30. The van der Waals surface area contributed by atoms with Crippen LogP contribution in [-0.4, -0.2) is 38.8 Å².